The van der Waals surface area contributed by atoms with Gasteiger partial charge in [-0.25, -0.2) is 0 Å². The van der Waals surface area contributed by atoms with Crippen molar-refractivity contribution in [1.82, 2.24) is 0 Å². The van der Waals surface area contributed by atoms with Gasteiger partial charge < -0.3 is 0 Å². The van der Waals surface area contributed by atoms with Gasteiger partial charge in [-0.2, -0.15) is 5.26 Å². The van der Waals surface area contributed by atoms with E-state index >= 15 is 0 Å². The van der Waals surface area contributed by atoms with Crippen LogP contribution in [0.1, 0.15) is 11.1 Å². The number of allylic oxidation sites excluding steroid dienone is 1. The van der Waals surface area contributed by atoms with Crippen LogP contribution >= 0.6 is 27.5 Å². The van der Waals surface area contributed by atoms with Gasteiger partial charge in [-0.15, -0.1) is 0 Å². The summed E-state index contributed by atoms with van der Waals surface area (Å²) in [4.78, 5) is 0. The number of halogens is 2. The van der Waals surface area contributed by atoms with Gasteiger partial charge in [0, 0.05) is 9.50 Å². The highest BCUT2D eigenvalue weighted by Crippen LogP contribution is 2.20. The lowest BCUT2D eigenvalue weighted by molar-refractivity contribution is 1.52. The number of rotatable bonds is 2. The highest BCUT2D eigenvalue weighted by Gasteiger charge is 2.01. The van der Waals surface area contributed by atoms with Crippen molar-refractivity contribution in [2.24, 2.45) is 0 Å². The van der Waals surface area contributed by atoms with Gasteiger partial charge in [0.25, 0.3) is 0 Å². The lowest BCUT2D eigenvalue weighted by atomic mass is 10.0. The van der Waals surface area contributed by atoms with Gasteiger partial charge in [0.05, 0.1) is 11.6 Å². The fourth-order valence-corrected chi connectivity index (χ4v) is 1.93. The number of nitriles is 1. The van der Waals surface area contributed by atoms with Gasteiger partial charge in [0.2, 0.25) is 0 Å². The lowest BCUT2D eigenvalue weighted by Gasteiger charge is -2.00. The van der Waals surface area contributed by atoms with Crippen molar-refractivity contribution in [2.45, 2.75) is 0 Å². The van der Waals surface area contributed by atoms with Crippen LogP contribution in [0, 0.1) is 11.3 Å². The molecule has 0 bridgehead atoms. The van der Waals surface area contributed by atoms with Crippen molar-refractivity contribution >= 4 is 39.2 Å². The largest absolute Gasteiger partial charge is 0.192 e. The first kappa shape index (κ1) is 12.9. The molecule has 2 rings (SSSR count). The van der Waals surface area contributed by atoms with E-state index in [9.17, 15) is 5.26 Å². The lowest BCUT2D eigenvalue weighted by Crippen LogP contribution is -1.81. The maximum Gasteiger partial charge on any atom is 0.0998 e. The quantitative estimate of drug-likeness (QED) is 0.554. The average Bonchev–Trinajstić information content (AvgIpc) is 2.39. The van der Waals surface area contributed by atoms with E-state index < -0.39 is 0 Å². The zero-order valence-corrected chi connectivity index (χ0v) is 11.7. The normalized spacial score (nSPS) is 11.1. The molecule has 2 aromatic rings. The summed E-state index contributed by atoms with van der Waals surface area (Å²) < 4.78 is 1.02. The van der Waals surface area contributed by atoms with E-state index in [0.29, 0.717) is 10.6 Å². The van der Waals surface area contributed by atoms with E-state index in [4.69, 9.17) is 11.6 Å². The zero-order chi connectivity index (χ0) is 13.0. The fourth-order valence-electron chi connectivity index (χ4n) is 1.54. The van der Waals surface area contributed by atoms with E-state index in [1.807, 2.05) is 42.5 Å². The van der Waals surface area contributed by atoms with Crippen LogP contribution in [0.25, 0.3) is 11.6 Å². The van der Waals surface area contributed by atoms with Crippen molar-refractivity contribution in [2.75, 3.05) is 0 Å². The standard InChI is InChI=1S/C15H9BrClN/c16-14-5-1-11(2-6-14)9-13(10-18)12-3-7-15(17)8-4-12/h1-9H/b13-9+. The van der Waals surface area contributed by atoms with Gasteiger partial charge in [0.1, 0.15) is 0 Å². The van der Waals surface area contributed by atoms with E-state index in [2.05, 4.69) is 22.0 Å². The predicted molar refractivity (Wildman–Crippen MR) is 79.1 cm³/mol. The van der Waals surface area contributed by atoms with Crippen molar-refractivity contribution in [3.8, 4) is 6.07 Å². The third-order valence-electron chi connectivity index (χ3n) is 2.46. The minimum absolute atomic E-state index is 0.619. The fraction of sp³-hybridized carbons (Fsp3) is 0. The Morgan fingerprint density at radius 2 is 1.67 bits per heavy atom. The van der Waals surface area contributed by atoms with Crippen molar-refractivity contribution in [3.63, 3.8) is 0 Å². The van der Waals surface area contributed by atoms with Gasteiger partial charge in [0.15, 0.2) is 0 Å². The summed E-state index contributed by atoms with van der Waals surface area (Å²) >= 11 is 9.21. The summed E-state index contributed by atoms with van der Waals surface area (Å²) in [5, 5.41) is 9.87. The van der Waals surface area contributed by atoms with Crippen LogP contribution in [0.15, 0.2) is 53.0 Å². The van der Waals surface area contributed by atoms with Crippen LogP contribution in [0.3, 0.4) is 0 Å². The van der Waals surface area contributed by atoms with Crippen LogP contribution < -0.4 is 0 Å². The van der Waals surface area contributed by atoms with Crippen LogP contribution in [-0.4, -0.2) is 0 Å². The molecule has 0 amide bonds. The number of benzene rings is 2. The first-order valence-electron chi connectivity index (χ1n) is 5.32. The number of hydrogen-bond donors (Lipinski definition) is 0. The number of nitrogens with zero attached hydrogens (tertiary/aromatic N) is 1. The summed E-state index contributed by atoms with van der Waals surface area (Å²) in [7, 11) is 0. The predicted octanol–water partition coefficient (Wildman–Crippen LogP) is 5.17. The highest BCUT2D eigenvalue weighted by molar-refractivity contribution is 9.10. The molecule has 0 aromatic heterocycles. The van der Waals surface area contributed by atoms with Gasteiger partial charge in [-0.05, 0) is 41.5 Å². The average molecular weight is 319 g/mol. The van der Waals surface area contributed by atoms with Crippen LogP contribution in [0.2, 0.25) is 5.02 Å². The molecule has 0 radical (unpaired) electrons. The Kier molecular flexibility index (Phi) is 4.19. The van der Waals surface area contributed by atoms with Gasteiger partial charge >= 0.3 is 0 Å². The molecular weight excluding hydrogens is 310 g/mol. The van der Waals surface area contributed by atoms with E-state index in [-0.39, 0.29) is 0 Å². The molecule has 0 unspecified atom stereocenters. The molecule has 0 spiro atoms. The molecule has 0 saturated heterocycles. The Bertz CT molecular complexity index is 606. The molecule has 3 heteroatoms. The Balaban J connectivity index is 2.37. The van der Waals surface area contributed by atoms with Crippen molar-refractivity contribution in [1.29, 1.82) is 5.26 Å². The molecule has 0 aliphatic rings. The molecule has 0 aliphatic heterocycles. The second kappa shape index (κ2) is 5.86. The molecule has 18 heavy (non-hydrogen) atoms. The molecule has 0 fully saturated rings. The first-order valence-corrected chi connectivity index (χ1v) is 6.49. The Morgan fingerprint density at radius 1 is 1.06 bits per heavy atom. The minimum Gasteiger partial charge on any atom is -0.192 e. The molecule has 1 nitrogen and oxygen atoms in total. The molecule has 0 N–H and O–H groups in total. The monoisotopic (exact) mass is 317 g/mol. The summed E-state index contributed by atoms with van der Waals surface area (Å²) in [5.74, 6) is 0. The topological polar surface area (TPSA) is 23.8 Å². The summed E-state index contributed by atoms with van der Waals surface area (Å²) in [6, 6.07) is 17.3. The van der Waals surface area contributed by atoms with Gasteiger partial charge in [-0.1, -0.05) is 51.8 Å². The molecule has 0 heterocycles. The Hall–Kier alpha value is -1.56. The van der Waals surface area contributed by atoms with E-state index in [1.54, 1.807) is 12.1 Å². The maximum atomic E-state index is 9.20. The van der Waals surface area contributed by atoms with Crippen molar-refractivity contribution < 1.29 is 0 Å². The maximum absolute atomic E-state index is 9.20. The molecule has 0 aliphatic carbocycles. The van der Waals surface area contributed by atoms with Crippen LogP contribution in [0.5, 0.6) is 0 Å². The van der Waals surface area contributed by atoms with Crippen LogP contribution in [0.4, 0.5) is 0 Å². The third-order valence-corrected chi connectivity index (χ3v) is 3.24. The SMILES string of the molecule is N#C/C(=C\c1ccc(Br)cc1)c1ccc(Cl)cc1. The van der Waals surface area contributed by atoms with Crippen molar-refractivity contribution in [3.05, 3.63) is 69.2 Å². The number of hydrogen-bond acceptors (Lipinski definition) is 1. The van der Waals surface area contributed by atoms with E-state index in [1.165, 1.54) is 0 Å². The minimum atomic E-state index is 0.619. The highest BCUT2D eigenvalue weighted by atomic mass is 79.9. The zero-order valence-electron chi connectivity index (χ0n) is 9.40. The molecule has 88 valence electrons. The molecule has 0 atom stereocenters. The smallest absolute Gasteiger partial charge is 0.0998 e. The van der Waals surface area contributed by atoms with Crippen LogP contribution in [-0.2, 0) is 0 Å². The summed E-state index contributed by atoms with van der Waals surface area (Å²) in [6.45, 7) is 0. The Morgan fingerprint density at radius 3 is 2.22 bits per heavy atom. The van der Waals surface area contributed by atoms with E-state index in [0.717, 1.165) is 15.6 Å². The summed E-state index contributed by atoms with van der Waals surface area (Å²) in [6.07, 6.45) is 1.86. The molecular formula is C15H9BrClN. The summed E-state index contributed by atoms with van der Waals surface area (Å²) in [5.41, 5.74) is 2.48. The third kappa shape index (κ3) is 3.22. The molecule has 2 aromatic carbocycles. The Labute approximate surface area is 119 Å². The second-order valence-electron chi connectivity index (χ2n) is 3.73. The van der Waals surface area contributed by atoms with Gasteiger partial charge in [-0.3, -0.25) is 0 Å². The second-order valence-corrected chi connectivity index (χ2v) is 5.08. The first-order chi connectivity index (χ1) is 8.69. The molecule has 0 saturated carbocycles.